The average molecular weight is 302 g/mol. The maximum atomic E-state index is 12.9. The fourth-order valence-corrected chi connectivity index (χ4v) is 1.89. The van der Waals surface area contributed by atoms with Gasteiger partial charge in [-0.25, -0.2) is 4.39 Å². The maximum Gasteiger partial charge on any atom is 0.124 e. The van der Waals surface area contributed by atoms with Crippen LogP contribution in [-0.4, -0.2) is 6.54 Å². The van der Waals surface area contributed by atoms with E-state index >= 15 is 0 Å². The molecule has 0 saturated carbocycles. The van der Waals surface area contributed by atoms with Crippen LogP contribution in [0.1, 0.15) is 33.3 Å². The van der Waals surface area contributed by atoms with Gasteiger partial charge in [0.15, 0.2) is 0 Å². The largest absolute Gasteiger partial charge is 0.312 e. The predicted molar refractivity (Wildman–Crippen MR) is 74.4 cm³/mol. The number of halogens is 2. The van der Waals surface area contributed by atoms with Gasteiger partial charge in [-0.1, -0.05) is 49.7 Å². The predicted octanol–water partition coefficient (Wildman–Crippen LogP) is 4.36. The molecule has 0 spiro atoms. The van der Waals surface area contributed by atoms with Crippen LogP contribution in [0.4, 0.5) is 4.39 Å². The van der Waals surface area contributed by atoms with Crippen molar-refractivity contribution in [1.82, 2.24) is 5.32 Å². The Bertz CT molecular complexity index is 371. The summed E-state index contributed by atoms with van der Waals surface area (Å²) in [5.74, 6) is 0.394. The minimum Gasteiger partial charge on any atom is -0.312 e. The van der Waals surface area contributed by atoms with Crippen molar-refractivity contribution in [2.24, 2.45) is 11.3 Å². The van der Waals surface area contributed by atoms with Crippen LogP contribution < -0.4 is 5.32 Å². The van der Waals surface area contributed by atoms with E-state index in [1.165, 1.54) is 12.1 Å². The fourth-order valence-electron chi connectivity index (χ4n) is 1.39. The Morgan fingerprint density at radius 2 is 2.00 bits per heavy atom. The molecule has 0 radical (unpaired) electrons. The topological polar surface area (TPSA) is 12.0 Å². The fraction of sp³-hybridized carbons (Fsp3) is 0.571. The Hall–Kier alpha value is -0.410. The lowest BCUT2D eigenvalue weighted by Crippen LogP contribution is -2.29. The van der Waals surface area contributed by atoms with Gasteiger partial charge < -0.3 is 5.32 Å². The number of hydrogen-bond acceptors (Lipinski definition) is 1. The molecule has 0 aliphatic heterocycles. The van der Waals surface area contributed by atoms with Crippen molar-refractivity contribution in [2.45, 2.75) is 34.2 Å². The molecule has 1 nitrogen and oxygen atoms in total. The summed E-state index contributed by atoms with van der Waals surface area (Å²) in [4.78, 5) is 0. The number of hydrogen-bond donors (Lipinski definition) is 1. The van der Waals surface area contributed by atoms with E-state index in [0.717, 1.165) is 23.1 Å². The van der Waals surface area contributed by atoms with Gasteiger partial charge >= 0.3 is 0 Å². The van der Waals surface area contributed by atoms with Gasteiger partial charge in [0.05, 0.1) is 0 Å². The molecule has 1 atom stereocenters. The van der Waals surface area contributed by atoms with Crippen molar-refractivity contribution in [2.75, 3.05) is 6.54 Å². The molecule has 1 aromatic carbocycles. The van der Waals surface area contributed by atoms with Gasteiger partial charge in [0.2, 0.25) is 0 Å². The summed E-state index contributed by atoms with van der Waals surface area (Å²) in [5.41, 5.74) is 1.40. The van der Waals surface area contributed by atoms with Gasteiger partial charge in [0, 0.05) is 11.0 Å². The van der Waals surface area contributed by atoms with E-state index in [0.29, 0.717) is 11.3 Å². The minimum absolute atomic E-state index is 0.205. The van der Waals surface area contributed by atoms with E-state index in [-0.39, 0.29) is 5.82 Å². The van der Waals surface area contributed by atoms with Gasteiger partial charge in [-0.05, 0) is 35.6 Å². The lowest BCUT2D eigenvalue weighted by Gasteiger charge is -2.27. The molecule has 0 aliphatic carbocycles. The second kappa shape index (κ2) is 5.96. The van der Waals surface area contributed by atoms with E-state index in [4.69, 9.17) is 0 Å². The van der Waals surface area contributed by atoms with Crippen molar-refractivity contribution in [3.63, 3.8) is 0 Å². The van der Waals surface area contributed by atoms with Crippen LogP contribution in [0.25, 0.3) is 0 Å². The molecule has 0 aliphatic rings. The van der Waals surface area contributed by atoms with E-state index in [9.17, 15) is 4.39 Å². The van der Waals surface area contributed by atoms with Crippen LogP contribution in [-0.2, 0) is 6.54 Å². The third-order valence-corrected chi connectivity index (χ3v) is 4.00. The highest BCUT2D eigenvalue weighted by Gasteiger charge is 2.19. The van der Waals surface area contributed by atoms with Gasteiger partial charge in [0.1, 0.15) is 5.82 Å². The Morgan fingerprint density at radius 1 is 1.35 bits per heavy atom. The van der Waals surface area contributed by atoms with Gasteiger partial charge in [-0.2, -0.15) is 0 Å². The first kappa shape index (κ1) is 14.7. The summed E-state index contributed by atoms with van der Waals surface area (Å²) >= 11 is 3.37. The van der Waals surface area contributed by atoms with E-state index in [1.54, 1.807) is 0 Å². The first-order chi connectivity index (χ1) is 7.80. The van der Waals surface area contributed by atoms with Crippen LogP contribution in [0.2, 0.25) is 0 Å². The molecule has 0 fully saturated rings. The molecule has 0 heterocycles. The highest BCUT2D eigenvalue weighted by Crippen LogP contribution is 2.24. The maximum absolute atomic E-state index is 12.9. The molecule has 0 aromatic heterocycles. The van der Waals surface area contributed by atoms with Crippen molar-refractivity contribution >= 4 is 15.9 Å². The number of nitrogens with one attached hydrogen (secondary N) is 1. The molecule has 1 unspecified atom stereocenters. The normalized spacial score (nSPS) is 13.8. The summed E-state index contributed by atoms with van der Waals surface area (Å²) in [6, 6.07) is 4.81. The van der Waals surface area contributed by atoms with Crippen LogP contribution >= 0.6 is 15.9 Å². The van der Waals surface area contributed by atoms with Crippen LogP contribution in [0.15, 0.2) is 22.7 Å². The lowest BCUT2D eigenvalue weighted by molar-refractivity contribution is 0.252. The molecular weight excluding hydrogens is 281 g/mol. The van der Waals surface area contributed by atoms with Gasteiger partial charge in [0.25, 0.3) is 0 Å². The molecule has 3 heteroatoms. The van der Waals surface area contributed by atoms with Crippen LogP contribution in [0.5, 0.6) is 0 Å². The molecule has 1 N–H and O–H groups in total. The molecule has 0 saturated heterocycles. The minimum atomic E-state index is -0.205. The molecule has 1 aromatic rings. The van der Waals surface area contributed by atoms with E-state index < -0.39 is 0 Å². The molecule has 0 amide bonds. The first-order valence-corrected chi connectivity index (χ1v) is 6.74. The smallest absolute Gasteiger partial charge is 0.124 e. The quantitative estimate of drug-likeness (QED) is 0.871. The van der Waals surface area contributed by atoms with Crippen LogP contribution in [0, 0.1) is 17.2 Å². The van der Waals surface area contributed by atoms with Gasteiger partial charge in [-0.15, -0.1) is 0 Å². The summed E-state index contributed by atoms with van der Waals surface area (Å²) in [5, 5.41) is 3.42. The third-order valence-electron chi connectivity index (χ3n) is 3.26. The highest BCUT2D eigenvalue weighted by atomic mass is 79.9. The standard InChI is InChI=1S/C14H21BrFN/c1-10(14(2,3)4)8-17-9-11-5-6-12(16)7-13(11)15/h5-7,10,17H,8-9H2,1-4H3. The Kier molecular flexibility index (Phi) is 5.14. The van der Waals surface area contributed by atoms with Crippen LogP contribution in [0.3, 0.4) is 0 Å². The van der Waals surface area contributed by atoms with E-state index in [1.807, 2.05) is 6.07 Å². The first-order valence-electron chi connectivity index (χ1n) is 5.95. The Labute approximate surface area is 112 Å². The molecule has 17 heavy (non-hydrogen) atoms. The second-order valence-electron chi connectivity index (χ2n) is 5.63. The Balaban J connectivity index is 2.46. The lowest BCUT2D eigenvalue weighted by atomic mass is 9.82. The average Bonchev–Trinajstić information content (AvgIpc) is 2.19. The van der Waals surface area contributed by atoms with Crippen molar-refractivity contribution in [3.8, 4) is 0 Å². The zero-order valence-corrected chi connectivity index (χ0v) is 12.6. The summed E-state index contributed by atoms with van der Waals surface area (Å²) in [6.45, 7) is 10.7. The monoisotopic (exact) mass is 301 g/mol. The zero-order chi connectivity index (χ0) is 13.1. The molecule has 0 bridgehead atoms. The summed E-state index contributed by atoms with van der Waals surface area (Å²) in [7, 11) is 0. The SMILES string of the molecule is CC(CNCc1ccc(F)cc1Br)C(C)(C)C. The molecule has 1 rings (SSSR count). The van der Waals surface area contributed by atoms with Crippen molar-refractivity contribution < 1.29 is 4.39 Å². The molecule has 96 valence electrons. The van der Waals surface area contributed by atoms with Gasteiger partial charge in [-0.3, -0.25) is 0 Å². The second-order valence-corrected chi connectivity index (χ2v) is 6.49. The third kappa shape index (κ3) is 4.76. The zero-order valence-electron chi connectivity index (χ0n) is 11.0. The van der Waals surface area contributed by atoms with E-state index in [2.05, 4.69) is 48.9 Å². The molecular formula is C14H21BrFN. The number of rotatable bonds is 4. The van der Waals surface area contributed by atoms with Crippen molar-refractivity contribution in [3.05, 3.63) is 34.1 Å². The summed E-state index contributed by atoms with van der Waals surface area (Å²) in [6.07, 6.45) is 0. The number of benzene rings is 1. The summed E-state index contributed by atoms with van der Waals surface area (Å²) < 4.78 is 13.7. The Morgan fingerprint density at radius 3 is 2.53 bits per heavy atom. The highest BCUT2D eigenvalue weighted by molar-refractivity contribution is 9.10. The van der Waals surface area contributed by atoms with Crippen molar-refractivity contribution in [1.29, 1.82) is 0 Å².